The number of hydrogen-bond acceptors (Lipinski definition) is 3. The maximum absolute atomic E-state index is 11.4. The summed E-state index contributed by atoms with van der Waals surface area (Å²) in [6.45, 7) is 1.37. The van der Waals surface area contributed by atoms with E-state index in [9.17, 15) is 4.79 Å². The SMILES string of the molecule is COc1ccc(C(/C=C/c2c(Cl)cccc2Cl)OC(C)=O)cc1. The molecule has 0 spiro atoms. The van der Waals surface area contributed by atoms with Gasteiger partial charge in [0.15, 0.2) is 0 Å². The smallest absolute Gasteiger partial charge is 0.303 e. The van der Waals surface area contributed by atoms with E-state index in [2.05, 4.69) is 0 Å². The van der Waals surface area contributed by atoms with Crippen molar-refractivity contribution in [2.75, 3.05) is 7.11 Å². The Labute approximate surface area is 145 Å². The molecule has 0 bridgehead atoms. The van der Waals surface area contributed by atoms with Gasteiger partial charge in [0.05, 0.1) is 7.11 Å². The Bertz CT molecular complexity index is 688. The number of halogens is 2. The predicted octanol–water partition coefficient (Wildman–Crippen LogP) is 5.32. The van der Waals surface area contributed by atoms with E-state index >= 15 is 0 Å². The third-order valence-electron chi connectivity index (χ3n) is 3.17. The Kier molecular flexibility index (Phi) is 6.08. The number of benzene rings is 2. The molecule has 3 nitrogen and oxygen atoms in total. The van der Waals surface area contributed by atoms with Gasteiger partial charge in [-0.3, -0.25) is 4.79 Å². The number of carbonyl (C=O) groups excluding carboxylic acids is 1. The molecule has 2 aromatic rings. The summed E-state index contributed by atoms with van der Waals surface area (Å²) in [5.74, 6) is 0.356. The van der Waals surface area contributed by atoms with Crippen molar-refractivity contribution >= 4 is 35.2 Å². The van der Waals surface area contributed by atoms with Crippen LogP contribution in [0.5, 0.6) is 5.75 Å². The first kappa shape index (κ1) is 17.4. The molecule has 1 unspecified atom stereocenters. The maximum atomic E-state index is 11.4. The van der Waals surface area contributed by atoms with Crippen molar-refractivity contribution in [2.24, 2.45) is 0 Å². The molecule has 0 aliphatic rings. The van der Waals surface area contributed by atoms with Gasteiger partial charge in [0.2, 0.25) is 0 Å². The van der Waals surface area contributed by atoms with Gasteiger partial charge in [-0.2, -0.15) is 0 Å². The van der Waals surface area contributed by atoms with Gasteiger partial charge in [-0.1, -0.05) is 47.5 Å². The van der Waals surface area contributed by atoms with Crippen LogP contribution >= 0.6 is 23.2 Å². The summed E-state index contributed by atoms with van der Waals surface area (Å²) in [5, 5.41) is 1.06. The number of ether oxygens (including phenoxy) is 2. The fraction of sp³-hybridized carbons (Fsp3) is 0.167. The van der Waals surface area contributed by atoms with Gasteiger partial charge in [-0.15, -0.1) is 0 Å². The molecule has 0 saturated heterocycles. The van der Waals surface area contributed by atoms with Gasteiger partial charge in [-0.05, 0) is 35.9 Å². The van der Waals surface area contributed by atoms with Crippen LogP contribution in [0.25, 0.3) is 6.08 Å². The zero-order valence-electron chi connectivity index (χ0n) is 12.8. The van der Waals surface area contributed by atoms with E-state index in [-0.39, 0.29) is 5.97 Å². The van der Waals surface area contributed by atoms with Gasteiger partial charge < -0.3 is 9.47 Å². The average Bonchev–Trinajstić information content (AvgIpc) is 2.53. The molecule has 0 radical (unpaired) electrons. The highest BCUT2D eigenvalue weighted by Crippen LogP contribution is 2.28. The molecule has 0 N–H and O–H groups in total. The lowest BCUT2D eigenvalue weighted by Gasteiger charge is -2.14. The summed E-state index contributed by atoms with van der Waals surface area (Å²) < 4.78 is 10.5. The lowest BCUT2D eigenvalue weighted by molar-refractivity contribution is -0.144. The second kappa shape index (κ2) is 8.04. The minimum absolute atomic E-state index is 0.374. The second-order valence-electron chi connectivity index (χ2n) is 4.80. The first-order valence-electron chi connectivity index (χ1n) is 6.94. The van der Waals surface area contributed by atoms with E-state index in [4.69, 9.17) is 32.7 Å². The van der Waals surface area contributed by atoms with Crippen molar-refractivity contribution < 1.29 is 14.3 Å². The van der Waals surface area contributed by atoms with Crippen molar-refractivity contribution in [3.63, 3.8) is 0 Å². The second-order valence-corrected chi connectivity index (χ2v) is 5.61. The molecule has 0 aromatic heterocycles. The van der Waals surface area contributed by atoms with Crippen LogP contribution in [0.3, 0.4) is 0 Å². The molecule has 2 aromatic carbocycles. The summed E-state index contributed by atoms with van der Waals surface area (Å²) >= 11 is 12.3. The minimum Gasteiger partial charge on any atom is -0.497 e. The molecule has 5 heteroatoms. The molecule has 120 valence electrons. The predicted molar refractivity (Wildman–Crippen MR) is 93.0 cm³/mol. The van der Waals surface area contributed by atoms with Crippen LogP contribution < -0.4 is 4.74 Å². The van der Waals surface area contributed by atoms with Crippen LogP contribution in [0.1, 0.15) is 24.2 Å². The lowest BCUT2D eigenvalue weighted by Crippen LogP contribution is -2.06. The van der Waals surface area contributed by atoms with E-state index in [1.807, 2.05) is 24.3 Å². The van der Waals surface area contributed by atoms with Crippen LogP contribution in [0, 0.1) is 0 Å². The molecule has 1 atom stereocenters. The molecule has 0 amide bonds. The molecular weight excluding hydrogens is 335 g/mol. The zero-order valence-corrected chi connectivity index (χ0v) is 14.3. The fourth-order valence-electron chi connectivity index (χ4n) is 2.04. The number of esters is 1. The van der Waals surface area contributed by atoms with Crippen molar-refractivity contribution in [2.45, 2.75) is 13.0 Å². The van der Waals surface area contributed by atoms with Crippen LogP contribution in [0.4, 0.5) is 0 Å². The third-order valence-corrected chi connectivity index (χ3v) is 3.83. The number of hydrogen-bond donors (Lipinski definition) is 0. The molecule has 0 saturated carbocycles. The van der Waals surface area contributed by atoms with Crippen molar-refractivity contribution in [1.29, 1.82) is 0 Å². The van der Waals surface area contributed by atoms with Gasteiger partial charge >= 0.3 is 5.97 Å². The first-order valence-corrected chi connectivity index (χ1v) is 7.70. The standard InChI is InChI=1S/C18H16Cl2O3/c1-12(21)23-18(13-6-8-14(22-2)9-7-13)11-10-15-16(19)4-3-5-17(15)20/h3-11,18H,1-2H3/b11-10+. The summed E-state index contributed by atoms with van der Waals surface area (Å²) in [4.78, 5) is 11.4. The molecule has 0 heterocycles. The summed E-state index contributed by atoms with van der Waals surface area (Å²) in [6, 6.07) is 12.6. The van der Waals surface area contributed by atoms with E-state index in [0.29, 0.717) is 15.6 Å². The van der Waals surface area contributed by atoms with Crippen molar-refractivity contribution in [3.8, 4) is 5.75 Å². The Morgan fingerprint density at radius 2 is 1.70 bits per heavy atom. The zero-order chi connectivity index (χ0) is 16.8. The van der Waals surface area contributed by atoms with Crippen LogP contribution in [0.15, 0.2) is 48.5 Å². The highest BCUT2D eigenvalue weighted by Gasteiger charge is 2.12. The Morgan fingerprint density at radius 3 is 2.22 bits per heavy atom. The number of methoxy groups -OCH3 is 1. The molecule has 23 heavy (non-hydrogen) atoms. The monoisotopic (exact) mass is 350 g/mol. The fourth-order valence-corrected chi connectivity index (χ4v) is 2.57. The maximum Gasteiger partial charge on any atom is 0.303 e. The molecule has 0 fully saturated rings. The Morgan fingerprint density at radius 1 is 1.09 bits per heavy atom. The minimum atomic E-state index is -0.536. The molecule has 2 rings (SSSR count). The summed E-state index contributed by atoms with van der Waals surface area (Å²) in [6.07, 6.45) is 2.96. The highest BCUT2D eigenvalue weighted by molar-refractivity contribution is 6.37. The van der Waals surface area contributed by atoms with Gasteiger partial charge in [0.1, 0.15) is 11.9 Å². The van der Waals surface area contributed by atoms with E-state index in [1.54, 1.807) is 37.5 Å². The van der Waals surface area contributed by atoms with Crippen LogP contribution in [0.2, 0.25) is 10.0 Å². The van der Waals surface area contributed by atoms with Gasteiger partial charge in [-0.25, -0.2) is 0 Å². The average molecular weight is 351 g/mol. The van der Waals surface area contributed by atoms with E-state index in [0.717, 1.165) is 11.3 Å². The van der Waals surface area contributed by atoms with Crippen molar-refractivity contribution in [3.05, 3.63) is 69.7 Å². The molecule has 0 aliphatic carbocycles. The molecule has 0 aliphatic heterocycles. The lowest BCUT2D eigenvalue weighted by atomic mass is 10.1. The topological polar surface area (TPSA) is 35.5 Å². The largest absolute Gasteiger partial charge is 0.497 e. The normalized spacial score (nSPS) is 12.2. The summed E-state index contributed by atoms with van der Waals surface area (Å²) in [7, 11) is 1.60. The van der Waals surface area contributed by atoms with Gasteiger partial charge in [0.25, 0.3) is 0 Å². The summed E-state index contributed by atoms with van der Waals surface area (Å²) in [5.41, 5.74) is 1.50. The van der Waals surface area contributed by atoms with E-state index in [1.165, 1.54) is 6.92 Å². The van der Waals surface area contributed by atoms with Crippen molar-refractivity contribution in [1.82, 2.24) is 0 Å². The Balaban J connectivity index is 2.31. The highest BCUT2D eigenvalue weighted by atomic mass is 35.5. The van der Waals surface area contributed by atoms with E-state index < -0.39 is 6.10 Å². The van der Waals surface area contributed by atoms with Crippen LogP contribution in [-0.2, 0) is 9.53 Å². The first-order chi connectivity index (χ1) is 11.0. The quantitative estimate of drug-likeness (QED) is 0.684. The number of rotatable bonds is 5. The van der Waals surface area contributed by atoms with Crippen LogP contribution in [-0.4, -0.2) is 13.1 Å². The number of carbonyl (C=O) groups is 1. The third kappa shape index (κ3) is 4.75. The Hall–Kier alpha value is -1.97. The molecular formula is C18H16Cl2O3. The van der Waals surface area contributed by atoms with Gasteiger partial charge in [0, 0.05) is 22.5 Å².